The molecule has 11 aromatic rings. The first-order valence-corrected chi connectivity index (χ1v) is 19.9. The molecule has 0 spiro atoms. The number of hydrogen-bond donors (Lipinski definition) is 0. The van der Waals surface area contributed by atoms with E-state index in [1.807, 2.05) is 0 Å². The Hall–Kier alpha value is -7.68. The summed E-state index contributed by atoms with van der Waals surface area (Å²) >= 11 is 0. The minimum absolute atomic E-state index is 1.08. The van der Waals surface area contributed by atoms with Crippen LogP contribution in [0.3, 0.4) is 0 Å². The Kier molecular flexibility index (Phi) is 8.19. The predicted octanol–water partition coefficient (Wildman–Crippen LogP) is 15.6. The quantitative estimate of drug-likeness (QED) is 0.158. The average Bonchev–Trinajstić information content (AvgIpc) is 3.63. The van der Waals surface area contributed by atoms with Gasteiger partial charge in [0.15, 0.2) is 0 Å². The maximum Gasteiger partial charge on any atom is 0.0541 e. The van der Waals surface area contributed by atoms with Crippen LogP contribution in [0.1, 0.15) is 0 Å². The molecule has 0 fully saturated rings. The van der Waals surface area contributed by atoms with Crippen LogP contribution in [0.25, 0.3) is 82.4 Å². The minimum Gasteiger partial charge on any atom is -0.310 e. The maximum atomic E-state index is 2.43. The van der Waals surface area contributed by atoms with Gasteiger partial charge in [-0.3, -0.25) is 0 Å². The maximum absolute atomic E-state index is 2.43. The Morgan fingerprint density at radius 1 is 0.293 bits per heavy atom. The highest BCUT2D eigenvalue weighted by Gasteiger charge is 2.22. The van der Waals surface area contributed by atoms with Crippen LogP contribution < -0.4 is 4.90 Å². The van der Waals surface area contributed by atoms with E-state index in [9.17, 15) is 0 Å². The van der Waals surface area contributed by atoms with E-state index in [0.29, 0.717) is 0 Å². The van der Waals surface area contributed by atoms with Gasteiger partial charge in [-0.05, 0) is 92.3 Å². The average molecular weight is 739 g/mol. The topological polar surface area (TPSA) is 8.17 Å². The van der Waals surface area contributed by atoms with Gasteiger partial charge in [-0.1, -0.05) is 182 Å². The van der Waals surface area contributed by atoms with Crippen LogP contribution >= 0.6 is 0 Å². The van der Waals surface area contributed by atoms with E-state index in [4.69, 9.17) is 0 Å². The van der Waals surface area contributed by atoms with E-state index in [0.717, 1.165) is 33.9 Å². The number of fused-ring (bicyclic) bond motifs is 5. The van der Waals surface area contributed by atoms with Crippen molar-refractivity contribution in [3.63, 3.8) is 0 Å². The zero-order valence-electron chi connectivity index (χ0n) is 31.8. The van der Waals surface area contributed by atoms with Crippen LogP contribution in [-0.2, 0) is 0 Å². The molecule has 1 aromatic heterocycles. The van der Waals surface area contributed by atoms with Gasteiger partial charge >= 0.3 is 0 Å². The first-order chi connectivity index (χ1) is 28.8. The summed E-state index contributed by atoms with van der Waals surface area (Å²) in [4.78, 5) is 2.43. The first-order valence-electron chi connectivity index (χ1n) is 19.9. The van der Waals surface area contributed by atoms with E-state index in [1.54, 1.807) is 0 Å². The summed E-state index contributed by atoms with van der Waals surface area (Å²) in [6.07, 6.45) is 0. The molecule has 0 atom stereocenters. The van der Waals surface area contributed by atoms with Crippen LogP contribution in [0, 0.1) is 0 Å². The normalized spacial score (nSPS) is 11.4. The van der Waals surface area contributed by atoms with Gasteiger partial charge in [0.2, 0.25) is 0 Å². The minimum atomic E-state index is 1.08. The lowest BCUT2D eigenvalue weighted by Crippen LogP contribution is -2.12. The van der Waals surface area contributed by atoms with Gasteiger partial charge in [-0.15, -0.1) is 0 Å². The summed E-state index contributed by atoms with van der Waals surface area (Å²) in [5.74, 6) is 0. The van der Waals surface area contributed by atoms with Crippen molar-refractivity contribution >= 4 is 60.4 Å². The molecule has 0 unspecified atom stereocenters. The summed E-state index contributed by atoms with van der Waals surface area (Å²) in [6.45, 7) is 0. The zero-order chi connectivity index (χ0) is 38.4. The standard InChI is InChI=1S/C56H38N2/c1-3-22-45-39(16-1)18-14-28-47(45)41-34-36-43(37-35-41)57(44-21-13-20-42(38-44)48-29-15-19-40-17-2-4-23-46(40)48)53-30-9-5-24-49(53)50-25-6-10-31-54(50)58-55-32-11-7-26-51(55)52-27-8-12-33-56(52)58/h1-38H. The van der Waals surface area contributed by atoms with Crippen molar-refractivity contribution in [2.45, 2.75) is 0 Å². The molecule has 2 nitrogen and oxygen atoms in total. The van der Waals surface area contributed by atoms with Crippen LogP contribution in [-0.4, -0.2) is 4.57 Å². The number of para-hydroxylation sites is 4. The van der Waals surface area contributed by atoms with Crippen molar-refractivity contribution in [1.82, 2.24) is 4.57 Å². The van der Waals surface area contributed by atoms with Crippen molar-refractivity contribution in [1.29, 1.82) is 0 Å². The molecular formula is C56H38N2. The van der Waals surface area contributed by atoms with E-state index in [-0.39, 0.29) is 0 Å². The zero-order valence-corrected chi connectivity index (χ0v) is 31.8. The number of benzene rings is 10. The summed E-state index contributed by atoms with van der Waals surface area (Å²) in [5, 5.41) is 7.47. The van der Waals surface area contributed by atoms with Crippen LogP contribution in [0.4, 0.5) is 17.1 Å². The fourth-order valence-electron chi connectivity index (χ4n) is 8.96. The van der Waals surface area contributed by atoms with Gasteiger partial charge < -0.3 is 9.47 Å². The molecule has 11 rings (SSSR count). The Labute approximate surface area is 338 Å². The van der Waals surface area contributed by atoms with Gasteiger partial charge in [0, 0.05) is 33.3 Å². The fraction of sp³-hybridized carbons (Fsp3) is 0. The molecule has 58 heavy (non-hydrogen) atoms. The molecule has 272 valence electrons. The van der Waals surface area contributed by atoms with Crippen LogP contribution in [0.5, 0.6) is 0 Å². The van der Waals surface area contributed by atoms with Crippen molar-refractivity contribution in [2.75, 3.05) is 4.90 Å². The van der Waals surface area contributed by atoms with Crippen molar-refractivity contribution in [2.24, 2.45) is 0 Å². The fourth-order valence-corrected chi connectivity index (χ4v) is 8.96. The summed E-state index contributed by atoms with van der Waals surface area (Å²) in [7, 11) is 0. The lowest BCUT2D eigenvalue weighted by atomic mass is 9.96. The Balaban J connectivity index is 1.12. The summed E-state index contributed by atoms with van der Waals surface area (Å²) in [5.41, 5.74) is 13.9. The molecule has 0 saturated carbocycles. The van der Waals surface area contributed by atoms with Crippen molar-refractivity contribution < 1.29 is 0 Å². The van der Waals surface area contributed by atoms with Gasteiger partial charge in [-0.2, -0.15) is 0 Å². The van der Waals surface area contributed by atoms with Crippen molar-refractivity contribution in [3.8, 4) is 39.1 Å². The molecule has 0 aliphatic rings. The molecule has 0 amide bonds. The highest BCUT2D eigenvalue weighted by atomic mass is 15.1. The number of hydrogen-bond acceptors (Lipinski definition) is 1. The second-order valence-corrected chi connectivity index (χ2v) is 14.9. The summed E-state index contributed by atoms with van der Waals surface area (Å²) in [6, 6.07) is 83.7. The molecule has 0 radical (unpaired) electrons. The molecule has 1 heterocycles. The summed E-state index contributed by atoms with van der Waals surface area (Å²) < 4.78 is 2.43. The second kappa shape index (κ2) is 14.1. The molecule has 10 aromatic carbocycles. The van der Waals surface area contributed by atoms with Crippen LogP contribution in [0.2, 0.25) is 0 Å². The Morgan fingerprint density at radius 2 is 0.776 bits per heavy atom. The number of aromatic nitrogens is 1. The number of rotatable bonds is 7. The van der Waals surface area contributed by atoms with Gasteiger partial charge in [0.25, 0.3) is 0 Å². The molecule has 2 heteroatoms. The lowest BCUT2D eigenvalue weighted by Gasteiger charge is -2.29. The van der Waals surface area contributed by atoms with E-state index in [2.05, 4.69) is 240 Å². The molecule has 0 aliphatic carbocycles. The highest BCUT2D eigenvalue weighted by Crippen LogP contribution is 2.45. The molecule has 0 aliphatic heterocycles. The third-order valence-corrected chi connectivity index (χ3v) is 11.6. The van der Waals surface area contributed by atoms with Gasteiger partial charge in [0.1, 0.15) is 0 Å². The Bertz CT molecular complexity index is 3230. The highest BCUT2D eigenvalue weighted by molar-refractivity contribution is 6.10. The molecule has 0 bridgehead atoms. The second-order valence-electron chi connectivity index (χ2n) is 14.9. The van der Waals surface area contributed by atoms with Crippen LogP contribution in [0.15, 0.2) is 231 Å². The molecule has 0 saturated heterocycles. The monoisotopic (exact) mass is 738 g/mol. The van der Waals surface area contributed by atoms with Crippen molar-refractivity contribution in [3.05, 3.63) is 231 Å². The lowest BCUT2D eigenvalue weighted by molar-refractivity contribution is 1.18. The molecular weight excluding hydrogens is 701 g/mol. The van der Waals surface area contributed by atoms with E-state index < -0.39 is 0 Å². The van der Waals surface area contributed by atoms with Gasteiger partial charge in [-0.25, -0.2) is 0 Å². The molecule has 0 N–H and O–H groups in total. The van der Waals surface area contributed by atoms with E-state index >= 15 is 0 Å². The third-order valence-electron chi connectivity index (χ3n) is 11.6. The number of anilines is 3. The third kappa shape index (κ3) is 5.66. The Morgan fingerprint density at radius 3 is 1.45 bits per heavy atom. The van der Waals surface area contributed by atoms with E-state index in [1.165, 1.54) is 65.6 Å². The largest absolute Gasteiger partial charge is 0.310 e. The SMILES string of the molecule is c1cc(-c2cccc3ccccc23)cc(N(c2ccc(-c3cccc4ccccc34)cc2)c2ccccc2-c2ccccc2-n2c3ccccc3c3ccccc32)c1. The number of nitrogens with zero attached hydrogens (tertiary/aromatic N) is 2. The first kappa shape index (κ1) is 33.6. The van der Waals surface area contributed by atoms with Gasteiger partial charge in [0.05, 0.1) is 22.4 Å². The predicted molar refractivity (Wildman–Crippen MR) is 247 cm³/mol. The smallest absolute Gasteiger partial charge is 0.0541 e.